The van der Waals surface area contributed by atoms with Crippen LogP contribution in [0.15, 0.2) is 29.2 Å². The van der Waals surface area contributed by atoms with Crippen LogP contribution in [0.5, 0.6) is 0 Å². The highest BCUT2D eigenvalue weighted by Crippen LogP contribution is 2.25. The Morgan fingerprint density at radius 1 is 1.40 bits per heavy atom. The van der Waals surface area contributed by atoms with E-state index < -0.39 is 5.76 Å². The molecule has 20 heavy (non-hydrogen) atoms. The normalized spacial score (nSPS) is 18.4. The van der Waals surface area contributed by atoms with Gasteiger partial charge in [-0.25, -0.2) is 0 Å². The zero-order valence-corrected chi connectivity index (χ0v) is 11.9. The average Bonchev–Trinajstić information content (AvgIpc) is 2.92. The first-order valence-electron chi connectivity index (χ1n) is 6.69. The van der Waals surface area contributed by atoms with Crippen LogP contribution in [0.25, 0.3) is 0 Å². The highest BCUT2D eigenvalue weighted by Gasteiger charge is 2.14. The number of carbonyl (C=O) groups excluding carboxylic acids is 1. The van der Waals surface area contributed by atoms with Gasteiger partial charge in [-0.2, -0.15) is 8.78 Å². The zero-order chi connectivity index (χ0) is 14.4. The lowest BCUT2D eigenvalue weighted by Gasteiger charge is -2.09. The fourth-order valence-corrected chi connectivity index (χ4v) is 2.74. The van der Waals surface area contributed by atoms with Gasteiger partial charge in [0.25, 0.3) is 11.7 Å². The fourth-order valence-electron chi connectivity index (χ4n) is 2.24. The maximum atomic E-state index is 12.2. The zero-order valence-electron chi connectivity index (χ0n) is 11.1. The molecule has 3 nitrogen and oxygen atoms in total. The lowest BCUT2D eigenvalue weighted by Crippen LogP contribution is -2.26. The summed E-state index contributed by atoms with van der Waals surface area (Å²) in [5.41, 5.74) is 0.508. The first kappa shape index (κ1) is 15.3. The minimum absolute atomic E-state index is 0.149. The van der Waals surface area contributed by atoms with Crippen LogP contribution in [-0.2, 0) is 0 Å². The van der Waals surface area contributed by atoms with Crippen LogP contribution in [0, 0.1) is 5.92 Å². The Labute approximate surface area is 121 Å². The summed E-state index contributed by atoms with van der Waals surface area (Å²) in [7, 11) is 0. The third-order valence-corrected chi connectivity index (χ3v) is 4.06. The Hall–Kier alpha value is -1.14. The van der Waals surface area contributed by atoms with E-state index in [-0.39, 0.29) is 5.91 Å². The van der Waals surface area contributed by atoms with E-state index in [1.807, 2.05) is 0 Å². The minimum atomic E-state index is -2.44. The van der Waals surface area contributed by atoms with Crippen LogP contribution in [-0.4, -0.2) is 31.3 Å². The van der Waals surface area contributed by atoms with Gasteiger partial charge in [0.15, 0.2) is 0 Å². The summed E-state index contributed by atoms with van der Waals surface area (Å²) in [5, 5.41) is 6.15. The Bertz CT molecular complexity index is 433. The van der Waals surface area contributed by atoms with Gasteiger partial charge in [-0.15, -0.1) is 0 Å². The first-order valence-corrected chi connectivity index (χ1v) is 7.57. The minimum Gasteiger partial charge on any atom is -0.352 e. The van der Waals surface area contributed by atoms with Crippen LogP contribution in [0.3, 0.4) is 0 Å². The van der Waals surface area contributed by atoms with Crippen molar-refractivity contribution in [1.29, 1.82) is 0 Å². The molecule has 0 spiro atoms. The van der Waals surface area contributed by atoms with Crippen molar-refractivity contribution in [2.45, 2.75) is 23.5 Å². The number of amides is 1. The van der Waals surface area contributed by atoms with E-state index in [9.17, 15) is 13.6 Å². The van der Waals surface area contributed by atoms with E-state index in [1.54, 1.807) is 24.3 Å². The molecule has 0 radical (unpaired) electrons. The van der Waals surface area contributed by atoms with Gasteiger partial charge < -0.3 is 10.6 Å². The van der Waals surface area contributed by atoms with Crippen LogP contribution in [0.1, 0.15) is 23.2 Å². The summed E-state index contributed by atoms with van der Waals surface area (Å²) in [6.07, 6.45) is 2.13. The number of halogens is 2. The van der Waals surface area contributed by atoms with Gasteiger partial charge in [0.1, 0.15) is 0 Å². The summed E-state index contributed by atoms with van der Waals surface area (Å²) in [4.78, 5) is 12.3. The Kier molecular flexibility index (Phi) is 5.79. The van der Waals surface area contributed by atoms with Gasteiger partial charge in [-0.05, 0) is 56.1 Å². The highest BCUT2D eigenvalue weighted by atomic mass is 32.2. The standard InChI is InChI=1S/C14H18F2N2OS/c15-14(16)20-12-3-1-11(2-4-12)13(19)18-8-6-10-5-7-17-9-10/h1-4,10,14,17H,5-9H2,(H,18,19). The van der Waals surface area contributed by atoms with Gasteiger partial charge >= 0.3 is 0 Å². The smallest absolute Gasteiger partial charge is 0.288 e. The van der Waals surface area contributed by atoms with Crippen LogP contribution in [0.4, 0.5) is 8.78 Å². The number of hydrogen-bond acceptors (Lipinski definition) is 3. The van der Waals surface area contributed by atoms with Gasteiger partial charge in [-0.1, -0.05) is 11.8 Å². The second-order valence-electron chi connectivity index (χ2n) is 4.81. The number of benzene rings is 1. The molecule has 1 atom stereocenters. The van der Waals surface area contributed by atoms with Crippen molar-refractivity contribution in [3.05, 3.63) is 29.8 Å². The molecule has 1 aliphatic rings. The molecule has 0 aliphatic carbocycles. The number of alkyl halides is 2. The number of thioether (sulfide) groups is 1. The number of carbonyl (C=O) groups is 1. The molecule has 1 amide bonds. The molecule has 1 saturated heterocycles. The molecule has 1 unspecified atom stereocenters. The van der Waals surface area contributed by atoms with Crippen LogP contribution < -0.4 is 10.6 Å². The molecule has 6 heteroatoms. The predicted molar refractivity (Wildman–Crippen MR) is 76.2 cm³/mol. The number of nitrogens with one attached hydrogen (secondary N) is 2. The van der Waals surface area contributed by atoms with E-state index in [0.29, 0.717) is 34.7 Å². The van der Waals surface area contributed by atoms with E-state index >= 15 is 0 Å². The average molecular weight is 300 g/mol. The highest BCUT2D eigenvalue weighted by molar-refractivity contribution is 7.99. The molecule has 1 aliphatic heterocycles. The predicted octanol–water partition coefficient (Wildman–Crippen LogP) is 2.73. The molecule has 110 valence electrons. The third kappa shape index (κ3) is 4.76. The molecular formula is C14H18F2N2OS. The molecule has 2 rings (SSSR count). The lowest BCUT2D eigenvalue weighted by molar-refractivity contribution is 0.0951. The van der Waals surface area contributed by atoms with Crippen molar-refractivity contribution in [1.82, 2.24) is 10.6 Å². The summed E-state index contributed by atoms with van der Waals surface area (Å²) >= 11 is 0.482. The van der Waals surface area contributed by atoms with E-state index in [1.165, 1.54) is 0 Å². The van der Waals surface area contributed by atoms with Crippen molar-refractivity contribution in [2.24, 2.45) is 5.92 Å². The Balaban J connectivity index is 1.76. The first-order chi connectivity index (χ1) is 9.65. The third-order valence-electron chi connectivity index (χ3n) is 3.34. The van der Waals surface area contributed by atoms with Crippen molar-refractivity contribution >= 4 is 17.7 Å². The van der Waals surface area contributed by atoms with Gasteiger partial charge in [0.2, 0.25) is 0 Å². The molecule has 0 saturated carbocycles. The summed E-state index contributed by atoms with van der Waals surface area (Å²) in [6.45, 7) is 2.73. The monoisotopic (exact) mass is 300 g/mol. The van der Waals surface area contributed by atoms with E-state index in [0.717, 1.165) is 25.9 Å². The molecule has 2 N–H and O–H groups in total. The summed E-state index contributed by atoms with van der Waals surface area (Å²) in [6, 6.07) is 6.26. The molecule has 0 aromatic heterocycles. The fraction of sp³-hybridized carbons (Fsp3) is 0.500. The maximum absolute atomic E-state index is 12.2. The molecular weight excluding hydrogens is 282 g/mol. The van der Waals surface area contributed by atoms with E-state index in [2.05, 4.69) is 10.6 Å². The molecule has 1 aromatic rings. The summed E-state index contributed by atoms with van der Waals surface area (Å²) < 4.78 is 24.3. The van der Waals surface area contributed by atoms with Gasteiger partial charge in [-0.3, -0.25) is 4.79 Å². The summed E-state index contributed by atoms with van der Waals surface area (Å²) in [5.74, 6) is -1.95. The van der Waals surface area contributed by atoms with Crippen LogP contribution in [0.2, 0.25) is 0 Å². The quantitative estimate of drug-likeness (QED) is 0.794. The molecule has 1 aromatic carbocycles. The van der Waals surface area contributed by atoms with Crippen molar-refractivity contribution in [3.63, 3.8) is 0 Å². The van der Waals surface area contributed by atoms with E-state index in [4.69, 9.17) is 0 Å². The Morgan fingerprint density at radius 2 is 2.15 bits per heavy atom. The molecule has 1 fully saturated rings. The maximum Gasteiger partial charge on any atom is 0.288 e. The topological polar surface area (TPSA) is 41.1 Å². The molecule has 0 bridgehead atoms. The van der Waals surface area contributed by atoms with Crippen molar-refractivity contribution in [3.8, 4) is 0 Å². The SMILES string of the molecule is O=C(NCCC1CCNC1)c1ccc(SC(F)F)cc1. The van der Waals surface area contributed by atoms with Gasteiger partial charge in [0, 0.05) is 17.0 Å². The van der Waals surface area contributed by atoms with Crippen LogP contribution >= 0.6 is 11.8 Å². The Morgan fingerprint density at radius 3 is 2.75 bits per heavy atom. The largest absolute Gasteiger partial charge is 0.352 e. The lowest BCUT2D eigenvalue weighted by atomic mass is 10.1. The van der Waals surface area contributed by atoms with Crippen molar-refractivity contribution < 1.29 is 13.6 Å². The van der Waals surface area contributed by atoms with Gasteiger partial charge in [0.05, 0.1) is 0 Å². The number of rotatable bonds is 6. The second-order valence-corrected chi connectivity index (χ2v) is 5.87. The number of hydrogen-bond donors (Lipinski definition) is 2. The second kappa shape index (κ2) is 7.59. The molecule has 1 heterocycles. The van der Waals surface area contributed by atoms with Crippen molar-refractivity contribution in [2.75, 3.05) is 19.6 Å².